The Hall–Kier alpha value is -3.28. The maximum atomic E-state index is 4.76. The van der Waals surface area contributed by atoms with E-state index >= 15 is 0 Å². The SMILES string of the molecule is CCc1nn(C)cc1CNc1nc(-c2cccnc2)nc2ccccc12. The van der Waals surface area contributed by atoms with Gasteiger partial charge in [-0.3, -0.25) is 9.67 Å². The van der Waals surface area contributed by atoms with Crippen LogP contribution in [0.25, 0.3) is 22.3 Å². The lowest BCUT2D eigenvalue weighted by atomic mass is 10.2. The highest BCUT2D eigenvalue weighted by Gasteiger charge is 2.11. The number of nitrogens with one attached hydrogen (secondary N) is 1. The minimum Gasteiger partial charge on any atom is -0.365 e. The molecule has 6 heteroatoms. The normalized spacial score (nSPS) is 11.0. The Labute approximate surface area is 152 Å². The molecule has 4 aromatic rings. The van der Waals surface area contributed by atoms with Gasteiger partial charge in [0.05, 0.1) is 11.2 Å². The van der Waals surface area contributed by atoms with Gasteiger partial charge in [0.15, 0.2) is 5.82 Å². The van der Waals surface area contributed by atoms with Crippen LogP contribution in [0.1, 0.15) is 18.2 Å². The molecule has 1 aromatic carbocycles. The number of hydrogen-bond acceptors (Lipinski definition) is 5. The van der Waals surface area contributed by atoms with Crippen LogP contribution in [0.2, 0.25) is 0 Å². The van der Waals surface area contributed by atoms with E-state index in [9.17, 15) is 0 Å². The minimum absolute atomic E-state index is 0.668. The van der Waals surface area contributed by atoms with Gasteiger partial charge in [0.2, 0.25) is 0 Å². The molecule has 1 N–H and O–H groups in total. The van der Waals surface area contributed by atoms with E-state index in [2.05, 4.69) is 28.5 Å². The predicted molar refractivity (Wildman–Crippen MR) is 103 cm³/mol. The van der Waals surface area contributed by atoms with E-state index < -0.39 is 0 Å². The van der Waals surface area contributed by atoms with Crippen LogP contribution in [0.5, 0.6) is 0 Å². The summed E-state index contributed by atoms with van der Waals surface area (Å²) in [5.74, 6) is 1.49. The number of pyridine rings is 1. The summed E-state index contributed by atoms with van der Waals surface area (Å²) in [6, 6.07) is 11.9. The van der Waals surface area contributed by atoms with E-state index in [1.807, 2.05) is 48.1 Å². The molecule has 130 valence electrons. The summed E-state index contributed by atoms with van der Waals surface area (Å²) in [5, 5.41) is 8.98. The van der Waals surface area contributed by atoms with Crippen molar-refractivity contribution >= 4 is 16.7 Å². The van der Waals surface area contributed by atoms with Crippen LogP contribution in [-0.4, -0.2) is 24.7 Å². The first-order valence-electron chi connectivity index (χ1n) is 8.67. The van der Waals surface area contributed by atoms with Gasteiger partial charge in [0, 0.05) is 48.7 Å². The number of nitrogens with zero attached hydrogens (tertiary/aromatic N) is 5. The van der Waals surface area contributed by atoms with Crippen molar-refractivity contribution in [1.29, 1.82) is 0 Å². The lowest BCUT2D eigenvalue weighted by Crippen LogP contribution is -2.05. The van der Waals surface area contributed by atoms with Gasteiger partial charge in [0.1, 0.15) is 5.82 Å². The molecule has 6 nitrogen and oxygen atoms in total. The van der Waals surface area contributed by atoms with Gasteiger partial charge in [0.25, 0.3) is 0 Å². The summed E-state index contributed by atoms with van der Waals surface area (Å²) < 4.78 is 1.86. The highest BCUT2D eigenvalue weighted by atomic mass is 15.3. The summed E-state index contributed by atoms with van der Waals surface area (Å²) in [7, 11) is 1.95. The smallest absolute Gasteiger partial charge is 0.163 e. The third-order valence-electron chi connectivity index (χ3n) is 4.30. The van der Waals surface area contributed by atoms with Crippen molar-refractivity contribution in [1.82, 2.24) is 24.7 Å². The molecule has 0 unspecified atom stereocenters. The van der Waals surface area contributed by atoms with E-state index in [0.29, 0.717) is 12.4 Å². The molecule has 0 radical (unpaired) electrons. The lowest BCUT2D eigenvalue weighted by Gasteiger charge is -2.11. The van der Waals surface area contributed by atoms with Gasteiger partial charge in [-0.25, -0.2) is 9.97 Å². The van der Waals surface area contributed by atoms with Crippen molar-refractivity contribution in [2.45, 2.75) is 19.9 Å². The molecule has 3 aromatic heterocycles. The number of rotatable bonds is 5. The third-order valence-corrected chi connectivity index (χ3v) is 4.30. The first-order chi connectivity index (χ1) is 12.7. The van der Waals surface area contributed by atoms with E-state index in [4.69, 9.17) is 9.97 Å². The van der Waals surface area contributed by atoms with Gasteiger partial charge in [-0.15, -0.1) is 0 Å². The number of hydrogen-bond donors (Lipinski definition) is 1. The Morgan fingerprint density at radius 1 is 1.08 bits per heavy atom. The van der Waals surface area contributed by atoms with Gasteiger partial charge < -0.3 is 5.32 Å². The van der Waals surface area contributed by atoms with Crippen LogP contribution < -0.4 is 5.32 Å². The van der Waals surface area contributed by atoms with Crippen LogP contribution >= 0.6 is 0 Å². The maximum absolute atomic E-state index is 4.76. The average Bonchev–Trinajstić information content (AvgIpc) is 3.06. The van der Waals surface area contributed by atoms with Crippen LogP contribution in [0.15, 0.2) is 55.0 Å². The fraction of sp³-hybridized carbons (Fsp3) is 0.200. The van der Waals surface area contributed by atoms with Crippen molar-refractivity contribution in [3.8, 4) is 11.4 Å². The van der Waals surface area contributed by atoms with Gasteiger partial charge in [-0.1, -0.05) is 19.1 Å². The van der Waals surface area contributed by atoms with Crippen molar-refractivity contribution in [2.75, 3.05) is 5.32 Å². The largest absolute Gasteiger partial charge is 0.365 e. The Bertz CT molecular complexity index is 1040. The Morgan fingerprint density at radius 3 is 2.77 bits per heavy atom. The molecule has 0 aliphatic heterocycles. The summed E-state index contributed by atoms with van der Waals surface area (Å²) in [5.41, 5.74) is 4.09. The number of anilines is 1. The lowest BCUT2D eigenvalue weighted by molar-refractivity contribution is 0.746. The molecule has 0 spiro atoms. The van der Waals surface area contributed by atoms with Crippen LogP contribution in [0.3, 0.4) is 0 Å². The number of aryl methyl sites for hydroxylation is 2. The second kappa shape index (κ2) is 6.92. The summed E-state index contributed by atoms with van der Waals surface area (Å²) in [4.78, 5) is 13.6. The van der Waals surface area contributed by atoms with Crippen molar-refractivity contribution in [2.24, 2.45) is 7.05 Å². The molecule has 0 amide bonds. The molecule has 0 saturated heterocycles. The number of para-hydroxylation sites is 1. The Morgan fingerprint density at radius 2 is 1.96 bits per heavy atom. The Kier molecular flexibility index (Phi) is 4.31. The molecule has 0 aliphatic carbocycles. The highest BCUT2D eigenvalue weighted by molar-refractivity contribution is 5.90. The topological polar surface area (TPSA) is 68.5 Å². The number of aromatic nitrogens is 5. The second-order valence-electron chi connectivity index (χ2n) is 6.14. The molecule has 0 atom stereocenters. The average molecular weight is 344 g/mol. The molecule has 0 aliphatic rings. The number of benzene rings is 1. The van der Waals surface area contributed by atoms with Crippen molar-refractivity contribution < 1.29 is 0 Å². The van der Waals surface area contributed by atoms with Crippen LogP contribution in [-0.2, 0) is 20.0 Å². The molecule has 4 rings (SSSR count). The zero-order chi connectivity index (χ0) is 17.9. The quantitative estimate of drug-likeness (QED) is 0.599. The second-order valence-corrected chi connectivity index (χ2v) is 6.14. The molecular weight excluding hydrogens is 324 g/mol. The van der Waals surface area contributed by atoms with Gasteiger partial charge in [-0.2, -0.15) is 5.10 Å². The van der Waals surface area contributed by atoms with Crippen LogP contribution in [0, 0.1) is 0 Å². The van der Waals surface area contributed by atoms with Gasteiger partial charge >= 0.3 is 0 Å². The summed E-state index contributed by atoms with van der Waals surface area (Å²) in [6.07, 6.45) is 6.49. The van der Waals surface area contributed by atoms with E-state index in [0.717, 1.165) is 34.4 Å². The highest BCUT2D eigenvalue weighted by Crippen LogP contribution is 2.25. The standard InChI is InChI=1S/C20H20N6/c1-3-17-15(13-26(2)25-17)12-22-20-16-8-4-5-9-18(16)23-19(24-20)14-7-6-10-21-11-14/h4-11,13H,3,12H2,1-2H3,(H,22,23,24). The minimum atomic E-state index is 0.668. The summed E-state index contributed by atoms with van der Waals surface area (Å²) >= 11 is 0. The Balaban J connectivity index is 1.73. The third kappa shape index (κ3) is 3.13. The summed E-state index contributed by atoms with van der Waals surface area (Å²) in [6.45, 7) is 2.79. The molecular formula is C20H20N6. The van der Waals surface area contributed by atoms with E-state index in [1.54, 1.807) is 12.4 Å². The molecule has 3 heterocycles. The fourth-order valence-corrected chi connectivity index (χ4v) is 3.04. The van der Waals surface area contributed by atoms with Gasteiger partial charge in [-0.05, 0) is 30.7 Å². The van der Waals surface area contributed by atoms with E-state index in [-0.39, 0.29) is 0 Å². The zero-order valence-electron chi connectivity index (χ0n) is 14.8. The maximum Gasteiger partial charge on any atom is 0.163 e. The monoisotopic (exact) mass is 344 g/mol. The predicted octanol–water partition coefficient (Wildman–Crippen LogP) is 3.60. The molecule has 26 heavy (non-hydrogen) atoms. The number of fused-ring (bicyclic) bond motifs is 1. The zero-order valence-corrected chi connectivity index (χ0v) is 14.8. The molecule has 0 saturated carbocycles. The first kappa shape index (κ1) is 16.2. The van der Waals surface area contributed by atoms with Crippen molar-refractivity contribution in [3.63, 3.8) is 0 Å². The van der Waals surface area contributed by atoms with Crippen molar-refractivity contribution in [3.05, 3.63) is 66.2 Å². The van der Waals surface area contributed by atoms with Crippen LogP contribution in [0.4, 0.5) is 5.82 Å². The molecule has 0 fully saturated rings. The fourth-order valence-electron chi connectivity index (χ4n) is 3.04. The molecule has 0 bridgehead atoms. The van der Waals surface area contributed by atoms with E-state index in [1.165, 1.54) is 5.56 Å². The first-order valence-corrected chi connectivity index (χ1v) is 8.67.